The van der Waals surface area contributed by atoms with Gasteiger partial charge in [-0.25, -0.2) is 4.98 Å². The molecule has 2 heterocycles. The van der Waals surface area contributed by atoms with Gasteiger partial charge in [-0.1, -0.05) is 0 Å². The Morgan fingerprint density at radius 3 is 2.83 bits per heavy atom. The van der Waals surface area contributed by atoms with Gasteiger partial charge in [-0.2, -0.15) is 4.98 Å². The standard InChI is InChI=1S/C12H19N3O3/c1-16-9-7-14-11(12(15-9)17-2)10(13)8-5-3-4-6-18-8/h7-8,10H,3-6,13H2,1-2H3. The molecule has 1 aliphatic heterocycles. The van der Waals surface area contributed by atoms with Gasteiger partial charge in [-0.15, -0.1) is 0 Å². The molecule has 2 rings (SSSR count). The van der Waals surface area contributed by atoms with Gasteiger partial charge in [-0.05, 0) is 19.3 Å². The third kappa shape index (κ3) is 2.70. The minimum Gasteiger partial charge on any atom is -0.480 e. The first-order chi connectivity index (χ1) is 8.76. The molecule has 0 aromatic carbocycles. The van der Waals surface area contributed by atoms with E-state index in [4.69, 9.17) is 19.9 Å². The molecule has 0 saturated carbocycles. The van der Waals surface area contributed by atoms with Crippen molar-refractivity contribution < 1.29 is 14.2 Å². The van der Waals surface area contributed by atoms with Crippen LogP contribution < -0.4 is 15.2 Å². The molecule has 0 radical (unpaired) electrons. The molecule has 1 aromatic heterocycles. The summed E-state index contributed by atoms with van der Waals surface area (Å²) in [6.45, 7) is 0.754. The van der Waals surface area contributed by atoms with Crippen LogP contribution in [0.1, 0.15) is 31.0 Å². The summed E-state index contributed by atoms with van der Waals surface area (Å²) in [5.74, 6) is 0.809. The van der Waals surface area contributed by atoms with E-state index in [1.807, 2.05) is 0 Å². The molecule has 2 unspecified atom stereocenters. The van der Waals surface area contributed by atoms with E-state index in [1.165, 1.54) is 7.11 Å². The Morgan fingerprint density at radius 1 is 1.39 bits per heavy atom. The van der Waals surface area contributed by atoms with Crippen molar-refractivity contribution >= 4 is 0 Å². The molecule has 0 spiro atoms. The zero-order valence-electron chi connectivity index (χ0n) is 10.8. The quantitative estimate of drug-likeness (QED) is 0.864. The number of aromatic nitrogens is 2. The average Bonchev–Trinajstić information content (AvgIpc) is 2.46. The Kier molecular flexibility index (Phi) is 4.33. The van der Waals surface area contributed by atoms with Gasteiger partial charge in [0.25, 0.3) is 0 Å². The Labute approximate surface area is 106 Å². The highest BCUT2D eigenvalue weighted by atomic mass is 16.5. The second-order valence-electron chi connectivity index (χ2n) is 4.24. The zero-order chi connectivity index (χ0) is 13.0. The van der Waals surface area contributed by atoms with Gasteiger partial charge in [0.15, 0.2) is 0 Å². The SMILES string of the molecule is COc1cnc(C(N)C2CCCCO2)c(OC)n1. The largest absolute Gasteiger partial charge is 0.480 e. The van der Waals surface area contributed by atoms with Crippen molar-refractivity contribution in [3.8, 4) is 11.8 Å². The maximum atomic E-state index is 6.19. The van der Waals surface area contributed by atoms with Crippen molar-refractivity contribution in [2.24, 2.45) is 5.73 Å². The van der Waals surface area contributed by atoms with E-state index in [2.05, 4.69) is 9.97 Å². The molecule has 18 heavy (non-hydrogen) atoms. The van der Waals surface area contributed by atoms with E-state index in [-0.39, 0.29) is 12.1 Å². The van der Waals surface area contributed by atoms with E-state index >= 15 is 0 Å². The van der Waals surface area contributed by atoms with Crippen LogP contribution in [0.15, 0.2) is 6.20 Å². The first-order valence-corrected chi connectivity index (χ1v) is 6.08. The highest BCUT2D eigenvalue weighted by Crippen LogP contribution is 2.28. The molecule has 1 saturated heterocycles. The number of hydrogen-bond acceptors (Lipinski definition) is 6. The van der Waals surface area contributed by atoms with Crippen molar-refractivity contribution in [1.29, 1.82) is 0 Å². The molecule has 2 atom stereocenters. The van der Waals surface area contributed by atoms with E-state index in [0.29, 0.717) is 17.5 Å². The fourth-order valence-corrected chi connectivity index (χ4v) is 2.07. The molecule has 1 fully saturated rings. The van der Waals surface area contributed by atoms with Crippen LogP contribution in [0.5, 0.6) is 11.8 Å². The lowest BCUT2D eigenvalue weighted by atomic mass is 10.0. The first-order valence-electron chi connectivity index (χ1n) is 6.08. The normalized spacial score (nSPS) is 21.4. The van der Waals surface area contributed by atoms with Crippen LogP contribution in [0.4, 0.5) is 0 Å². The Bertz CT molecular complexity index is 394. The Morgan fingerprint density at radius 2 is 2.22 bits per heavy atom. The zero-order valence-corrected chi connectivity index (χ0v) is 10.8. The number of ether oxygens (including phenoxy) is 3. The lowest BCUT2D eigenvalue weighted by molar-refractivity contribution is -0.00135. The van der Waals surface area contributed by atoms with Gasteiger partial charge in [-0.3, -0.25) is 0 Å². The molecule has 6 nitrogen and oxygen atoms in total. The summed E-state index contributed by atoms with van der Waals surface area (Å²) in [7, 11) is 3.08. The monoisotopic (exact) mass is 253 g/mol. The lowest BCUT2D eigenvalue weighted by Gasteiger charge is -2.27. The molecule has 6 heteroatoms. The van der Waals surface area contributed by atoms with Crippen LogP contribution in [0, 0.1) is 0 Å². The summed E-state index contributed by atoms with van der Waals surface area (Å²) in [4.78, 5) is 8.46. The topological polar surface area (TPSA) is 79.5 Å². The average molecular weight is 253 g/mol. The van der Waals surface area contributed by atoms with Gasteiger partial charge >= 0.3 is 0 Å². The third-order valence-electron chi connectivity index (χ3n) is 3.08. The maximum Gasteiger partial charge on any atom is 0.240 e. The molecule has 0 amide bonds. The predicted molar refractivity (Wildman–Crippen MR) is 65.7 cm³/mol. The van der Waals surface area contributed by atoms with Crippen molar-refractivity contribution in [2.45, 2.75) is 31.4 Å². The van der Waals surface area contributed by atoms with Gasteiger partial charge in [0.1, 0.15) is 5.69 Å². The van der Waals surface area contributed by atoms with Crippen LogP contribution >= 0.6 is 0 Å². The van der Waals surface area contributed by atoms with Crippen LogP contribution in [0.25, 0.3) is 0 Å². The van der Waals surface area contributed by atoms with E-state index < -0.39 is 0 Å². The predicted octanol–water partition coefficient (Wildman–Crippen LogP) is 1.06. The second kappa shape index (κ2) is 5.97. The van der Waals surface area contributed by atoms with Crippen LogP contribution in [0.3, 0.4) is 0 Å². The fraction of sp³-hybridized carbons (Fsp3) is 0.667. The molecular weight excluding hydrogens is 234 g/mol. The number of nitrogens with zero attached hydrogens (tertiary/aromatic N) is 2. The first kappa shape index (κ1) is 13.0. The van der Waals surface area contributed by atoms with Gasteiger partial charge in [0, 0.05) is 6.61 Å². The third-order valence-corrected chi connectivity index (χ3v) is 3.08. The van der Waals surface area contributed by atoms with Crippen LogP contribution in [-0.2, 0) is 4.74 Å². The summed E-state index contributed by atoms with van der Waals surface area (Å²) in [6.07, 6.45) is 4.69. The number of hydrogen-bond donors (Lipinski definition) is 1. The van der Waals surface area contributed by atoms with E-state index in [1.54, 1.807) is 13.3 Å². The van der Waals surface area contributed by atoms with Crippen LogP contribution in [-0.4, -0.2) is 36.9 Å². The Hall–Kier alpha value is -1.40. The van der Waals surface area contributed by atoms with Crippen LogP contribution in [0.2, 0.25) is 0 Å². The summed E-state index contributed by atoms with van der Waals surface area (Å²) in [5, 5.41) is 0. The molecule has 0 aliphatic carbocycles. The molecule has 100 valence electrons. The summed E-state index contributed by atoms with van der Waals surface area (Å²) in [5.41, 5.74) is 6.81. The summed E-state index contributed by atoms with van der Waals surface area (Å²) < 4.78 is 15.9. The van der Waals surface area contributed by atoms with E-state index in [9.17, 15) is 0 Å². The molecular formula is C12H19N3O3. The molecule has 1 aromatic rings. The number of rotatable bonds is 4. The Balaban J connectivity index is 2.20. The maximum absolute atomic E-state index is 6.19. The summed E-state index contributed by atoms with van der Waals surface area (Å²) >= 11 is 0. The van der Waals surface area contributed by atoms with Gasteiger partial charge < -0.3 is 19.9 Å². The number of nitrogens with two attached hydrogens (primary N) is 1. The second-order valence-corrected chi connectivity index (χ2v) is 4.24. The summed E-state index contributed by atoms with van der Waals surface area (Å²) in [6, 6.07) is -0.321. The highest BCUT2D eigenvalue weighted by Gasteiger charge is 2.27. The lowest BCUT2D eigenvalue weighted by Crippen LogP contribution is -2.33. The highest BCUT2D eigenvalue weighted by molar-refractivity contribution is 5.26. The minimum absolute atomic E-state index is 0.0182. The van der Waals surface area contributed by atoms with Gasteiger partial charge in [0.05, 0.1) is 32.6 Å². The molecule has 1 aliphatic rings. The number of methoxy groups -OCH3 is 2. The molecule has 2 N–H and O–H groups in total. The molecule has 0 bridgehead atoms. The van der Waals surface area contributed by atoms with Crippen molar-refractivity contribution in [1.82, 2.24) is 9.97 Å². The van der Waals surface area contributed by atoms with Crippen molar-refractivity contribution in [3.05, 3.63) is 11.9 Å². The smallest absolute Gasteiger partial charge is 0.240 e. The van der Waals surface area contributed by atoms with E-state index in [0.717, 1.165) is 25.9 Å². The van der Waals surface area contributed by atoms with Crippen molar-refractivity contribution in [2.75, 3.05) is 20.8 Å². The minimum atomic E-state index is -0.321. The fourth-order valence-electron chi connectivity index (χ4n) is 2.07. The van der Waals surface area contributed by atoms with Gasteiger partial charge in [0.2, 0.25) is 11.8 Å². The van der Waals surface area contributed by atoms with Crippen molar-refractivity contribution in [3.63, 3.8) is 0 Å².